The molecule has 4 heteroatoms. The molecule has 0 aliphatic rings. The Hall–Kier alpha value is 0.221. The van der Waals surface area contributed by atoms with E-state index < -0.39 is 24.2 Å². The molecule has 1 aromatic rings. The lowest BCUT2D eigenvalue weighted by molar-refractivity contribution is 1.27. The third-order valence-electron chi connectivity index (χ3n) is 4.18. The van der Waals surface area contributed by atoms with Gasteiger partial charge in [-0.2, -0.15) is 0 Å². The van der Waals surface area contributed by atoms with E-state index in [4.69, 9.17) is 0 Å². The lowest BCUT2D eigenvalue weighted by Gasteiger charge is -2.58. The summed E-state index contributed by atoms with van der Waals surface area (Å²) in [5, 5.41) is 0. The highest BCUT2D eigenvalue weighted by Crippen LogP contribution is 2.51. The predicted molar refractivity (Wildman–Crippen MR) is 105 cm³/mol. The normalized spacial score (nSPS) is 14.4. The number of hydrogen-bond acceptors (Lipinski definition) is 1. The quantitative estimate of drug-likeness (QED) is 0.457. The highest BCUT2D eigenvalue weighted by molar-refractivity contribution is 8.07. The third-order valence-corrected chi connectivity index (χ3v) is 31.3. The van der Waals surface area contributed by atoms with E-state index in [9.17, 15) is 0 Å². The van der Waals surface area contributed by atoms with Crippen molar-refractivity contribution in [1.82, 2.24) is 0 Å². The summed E-state index contributed by atoms with van der Waals surface area (Å²) in [7, 11) is -3.91. The van der Waals surface area contributed by atoms with Crippen LogP contribution in [-0.4, -0.2) is 27.8 Å². The molecule has 0 heterocycles. The Balaban J connectivity index is 3.48. The van der Waals surface area contributed by atoms with Crippen LogP contribution in [0, 0.1) is 0 Å². The number of benzene rings is 1. The lowest BCUT2D eigenvalue weighted by Crippen LogP contribution is -2.75. The van der Waals surface area contributed by atoms with Crippen molar-refractivity contribution in [3.8, 4) is 0 Å². The molecular formula is C16H32SSi3. The first-order valence-corrected chi connectivity index (χ1v) is 18.9. The van der Waals surface area contributed by atoms with Gasteiger partial charge in [-0.3, -0.25) is 0 Å². The first-order valence-electron chi connectivity index (χ1n) is 7.57. The van der Waals surface area contributed by atoms with Gasteiger partial charge >= 0.3 is 0 Å². The van der Waals surface area contributed by atoms with Crippen molar-refractivity contribution in [3.05, 3.63) is 30.3 Å². The maximum atomic E-state index is 2.60. The molecule has 0 saturated heterocycles. The van der Waals surface area contributed by atoms with Crippen molar-refractivity contribution in [3.63, 3.8) is 0 Å². The molecule has 114 valence electrons. The van der Waals surface area contributed by atoms with E-state index in [-0.39, 0.29) is 0 Å². The molecule has 0 spiro atoms. The molecule has 0 N–H and O–H groups in total. The van der Waals surface area contributed by atoms with Crippen molar-refractivity contribution in [2.45, 2.75) is 67.4 Å². The molecule has 0 unspecified atom stereocenters. The zero-order valence-corrected chi connectivity index (χ0v) is 18.6. The van der Waals surface area contributed by atoms with Crippen LogP contribution in [0.3, 0.4) is 0 Å². The summed E-state index contributed by atoms with van der Waals surface area (Å²) in [4.78, 5) is 1.47. The van der Waals surface area contributed by atoms with Gasteiger partial charge in [0.1, 0.15) is 0 Å². The van der Waals surface area contributed by atoms with Gasteiger partial charge in [-0.15, -0.1) is 11.8 Å². The van der Waals surface area contributed by atoms with Gasteiger partial charge in [0.05, 0.1) is 24.2 Å². The minimum absolute atomic E-state index is 0.550. The van der Waals surface area contributed by atoms with Gasteiger partial charge in [0, 0.05) is 8.51 Å². The van der Waals surface area contributed by atoms with Crippen LogP contribution in [0.4, 0.5) is 0 Å². The second kappa shape index (κ2) is 5.78. The second-order valence-electron chi connectivity index (χ2n) is 8.85. The van der Waals surface area contributed by atoms with E-state index in [1.165, 1.54) is 4.90 Å². The van der Waals surface area contributed by atoms with E-state index in [1.807, 2.05) is 0 Å². The zero-order chi connectivity index (χ0) is 15.8. The molecule has 0 aromatic heterocycles. The highest BCUT2D eigenvalue weighted by Gasteiger charge is 2.60. The summed E-state index contributed by atoms with van der Waals surface area (Å²) in [6, 6.07) is 11.1. The maximum Gasteiger partial charge on any atom is 0.0564 e. The summed E-state index contributed by atoms with van der Waals surface area (Å²) < 4.78 is 0.550. The van der Waals surface area contributed by atoms with Crippen LogP contribution >= 0.6 is 11.8 Å². The summed E-state index contributed by atoms with van der Waals surface area (Å²) >= 11 is 2.24. The molecule has 0 amide bonds. The van der Waals surface area contributed by atoms with Crippen molar-refractivity contribution in [1.29, 1.82) is 0 Å². The SMILES string of the molecule is C[Si](C)(C)C(Sc1ccccc1)([Si](C)(C)C)[Si](C)(C)C. The van der Waals surface area contributed by atoms with E-state index in [1.54, 1.807) is 0 Å². The molecule has 0 bridgehead atoms. The van der Waals surface area contributed by atoms with E-state index in [2.05, 4.69) is 101 Å². The van der Waals surface area contributed by atoms with Crippen LogP contribution in [0.15, 0.2) is 35.2 Å². The van der Waals surface area contributed by atoms with Crippen LogP contribution in [0.1, 0.15) is 0 Å². The molecule has 0 fully saturated rings. The Bertz CT molecular complexity index is 399. The molecule has 0 saturated carbocycles. The first kappa shape index (κ1) is 18.3. The fourth-order valence-electron chi connectivity index (χ4n) is 4.50. The topological polar surface area (TPSA) is 0 Å². The molecule has 0 aliphatic carbocycles. The molecule has 20 heavy (non-hydrogen) atoms. The van der Waals surface area contributed by atoms with E-state index in [0.29, 0.717) is 3.62 Å². The lowest BCUT2D eigenvalue weighted by atomic mass is 10.4. The summed E-state index contributed by atoms with van der Waals surface area (Å²) in [6.45, 7) is 23.4. The van der Waals surface area contributed by atoms with Gasteiger partial charge in [-0.05, 0) is 12.1 Å². The van der Waals surface area contributed by atoms with Crippen molar-refractivity contribution < 1.29 is 0 Å². The number of thioether (sulfide) groups is 1. The van der Waals surface area contributed by atoms with Gasteiger partial charge in [0.25, 0.3) is 0 Å². The second-order valence-corrected chi connectivity index (χ2v) is 28.5. The summed E-state index contributed by atoms with van der Waals surface area (Å²) in [5.74, 6) is 0. The third kappa shape index (κ3) is 3.34. The van der Waals surface area contributed by atoms with Crippen LogP contribution in [0.5, 0.6) is 0 Å². The minimum atomic E-state index is -1.30. The number of rotatable bonds is 5. The number of hydrogen-bond donors (Lipinski definition) is 0. The standard InChI is InChI=1S/C16H32SSi3/c1-18(2,3)16(19(4,5)6,20(7,8)9)17-15-13-11-10-12-14-15/h10-14H,1-9H3. The van der Waals surface area contributed by atoms with Crippen molar-refractivity contribution in [2.24, 2.45) is 0 Å². The Morgan fingerprint density at radius 1 is 0.650 bits per heavy atom. The van der Waals surface area contributed by atoms with E-state index >= 15 is 0 Å². The fourth-order valence-corrected chi connectivity index (χ4v) is 36.9. The Labute approximate surface area is 133 Å². The summed E-state index contributed by atoms with van der Waals surface area (Å²) in [6.07, 6.45) is 0. The Morgan fingerprint density at radius 3 is 1.30 bits per heavy atom. The first-order chi connectivity index (χ1) is 8.83. The average molecular weight is 341 g/mol. The van der Waals surface area contributed by atoms with Gasteiger partial charge in [-0.1, -0.05) is 77.1 Å². The minimum Gasteiger partial charge on any atom is -0.128 e. The molecule has 0 atom stereocenters. The molecule has 0 aliphatic heterocycles. The van der Waals surface area contributed by atoms with Crippen molar-refractivity contribution in [2.75, 3.05) is 0 Å². The Kier molecular flexibility index (Phi) is 5.28. The average Bonchev–Trinajstić information content (AvgIpc) is 2.22. The fraction of sp³-hybridized carbons (Fsp3) is 0.625. The molecule has 1 rings (SSSR count). The van der Waals surface area contributed by atoms with Gasteiger partial charge < -0.3 is 0 Å². The maximum absolute atomic E-state index is 2.60. The molecular weight excluding hydrogens is 309 g/mol. The highest BCUT2D eigenvalue weighted by atomic mass is 32.2. The predicted octanol–water partition coefficient (Wildman–Crippen LogP) is 6.15. The zero-order valence-electron chi connectivity index (χ0n) is 14.8. The molecule has 1 aromatic carbocycles. The van der Waals surface area contributed by atoms with E-state index in [0.717, 1.165) is 0 Å². The molecule has 0 nitrogen and oxygen atoms in total. The van der Waals surface area contributed by atoms with Crippen LogP contribution in [0.2, 0.25) is 58.9 Å². The smallest absolute Gasteiger partial charge is 0.0564 e. The van der Waals surface area contributed by atoms with Crippen LogP contribution in [0.25, 0.3) is 0 Å². The summed E-state index contributed by atoms with van der Waals surface area (Å²) in [5.41, 5.74) is 0. The monoisotopic (exact) mass is 340 g/mol. The Morgan fingerprint density at radius 2 is 1.00 bits per heavy atom. The van der Waals surface area contributed by atoms with Gasteiger partial charge in [0.15, 0.2) is 0 Å². The van der Waals surface area contributed by atoms with Crippen molar-refractivity contribution >= 4 is 36.0 Å². The van der Waals surface area contributed by atoms with Gasteiger partial charge in [0.2, 0.25) is 0 Å². The molecule has 0 radical (unpaired) electrons. The largest absolute Gasteiger partial charge is 0.128 e. The van der Waals surface area contributed by atoms with Crippen LogP contribution < -0.4 is 0 Å². The van der Waals surface area contributed by atoms with Gasteiger partial charge in [-0.25, -0.2) is 0 Å². The van der Waals surface area contributed by atoms with Crippen LogP contribution in [-0.2, 0) is 0 Å².